The van der Waals surface area contributed by atoms with E-state index in [9.17, 15) is 19.2 Å². The molecule has 6 atom stereocenters. The molecule has 0 aromatic heterocycles. The normalized spacial score (nSPS) is 22.7. The lowest BCUT2D eigenvalue weighted by atomic mass is 9.87. The summed E-state index contributed by atoms with van der Waals surface area (Å²) in [6, 6.07) is 5.68. The molecule has 0 radical (unpaired) electrons. The van der Waals surface area contributed by atoms with Crippen molar-refractivity contribution in [1.29, 1.82) is 10.8 Å². The number of carbonyl (C=O) groups excluding carboxylic acids is 4. The van der Waals surface area contributed by atoms with Crippen LogP contribution in [0.15, 0.2) is 22.7 Å². The summed E-state index contributed by atoms with van der Waals surface area (Å²) < 4.78 is 34.1. The Balaban J connectivity index is 2.51. The van der Waals surface area contributed by atoms with Crippen molar-refractivity contribution in [2.24, 2.45) is 11.8 Å². The van der Waals surface area contributed by atoms with Gasteiger partial charge < -0.3 is 33.8 Å². The molecule has 0 bridgehead atoms. The van der Waals surface area contributed by atoms with Gasteiger partial charge in [0.15, 0.2) is 18.1 Å². The van der Waals surface area contributed by atoms with Crippen LogP contribution in [0.1, 0.15) is 52.7 Å². The van der Waals surface area contributed by atoms with Gasteiger partial charge in [-0.25, -0.2) is 0 Å². The van der Waals surface area contributed by atoms with E-state index >= 15 is 0 Å². The zero-order valence-electron chi connectivity index (χ0n) is 24.1. The molecule has 1 aromatic carbocycles. The molecule has 1 saturated heterocycles. The lowest BCUT2D eigenvalue weighted by molar-refractivity contribution is -0.292. The van der Waals surface area contributed by atoms with Crippen LogP contribution in [0.2, 0.25) is 0 Å². The predicted molar refractivity (Wildman–Crippen MR) is 149 cm³/mol. The third kappa shape index (κ3) is 9.92. The number of ether oxygens (including phenoxy) is 6. The summed E-state index contributed by atoms with van der Waals surface area (Å²) in [4.78, 5) is 47.7. The van der Waals surface area contributed by atoms with Crippen molar-refractivity contribution >= 4 is 51.4 Å². The summed E-state index contributed by atoms with van der Waals surface area (Å²) in [6.07, 6.45) is -6.74. The summed E-state index contributed by atoms with van der Waals surface area (Å²) in [5.41, 5.74) is 2.06. The first kappa shape index (κ1) is 33.9. The van der Waals surface area contributed by atoms with E-state index < -0.39 is 67.1 Å². The van der Waals surface area contributed by atoms with Crippen LogP contribution in [0.3, 0.4) is 0 Å². The third-order valence-electron chi connectivity index (χ3n) is 6.23. The van der Waals surface area contributed by atoms with Gasteiger partial charge in [-0.1, -0.05) is 35.8 Å². The number of hydrogen-bond acceptors (Lipinski definition) is 12. The Morgan fingerprint density at radius 3 is 1.95 bits per heavy atom. The lowest BCUT2D eigenvalue weighted by Gasteiger charge is -2.44. The van der Waals surface area contributed by atoms with Gasteiger partial charge >= 0.3 is 23.9 Å². The van der Waals surface area contributed by atoms with Crippen LogP contribution < -0.4 is 0 Å². The largest absolute Gasteiger partial charge is 0.463 e. The fraction of sp³-hybridized carbons (Fsp3) is 0.571. The maximum absolute atomic E-state index is 12.1. The Morgan fingerprint density at radius 1 is 0.878 bits per heavy atom. The molecular formula is C28H37BrN2O10. The maximum atomic E-state index is 12.1. The van der Waals surface area contributed by atoms with Gasteiger partial charge in [0.25, 0.3) is 0 Å². The van der Waals surface area contributed by atoms with E-state index in [-0.39, 0.29) is 23.9 Å². The Bertz CT molecular complexity index is 1170. The van der Waals surface area contributed by atoms with E-state index in [1.165, 1.54) is 6.92 Å². The lowest BCUT2D eigenvalue weighted by Crippen LogP contribution is -2.63. The highest BCUT2D eigenvalue weighted by atomic mass is 79.9. The van der Waals surface area contributed by atoms with Crippen molar-refractivity contribution in [3.8, 4) is 0 Å². The van der Waals surface area contributed by atoms with E-state index in [1.54, 1.807) is 0 Å². The summed E-state index contributed by atoms with van der Waals surface area (Å²) in [5, 5.41) is 17.6. The minimum Gasteiger partial charge on any atom is -0.463 e. The third-order valence-corrected chi connectivity index (χ3v) is 6.73. The maximum Gasteiger partial charge on any atom is 0.303 e. The van der Waals surface area contributed by atoms with Gasteiger partial charge in [-0.05, 0) is 42.5 Å². The fourth-order valence-corrected chi connectivity index (χ4v) is 4.82. The van der Waals surface area contributed by atoms with Gasteiger partial charge in [-0.2, -0.15) is 0 Å². The molecule has 12 nitrogen and oxygen atoms in total. The first-order valence-electron chi connectivity index (χ1n) is 13.0. The topological polar surface area (TPSA) is 171 Å². The summed E-state index contributed by atoms with van der Waals surface area (Å²) in [7, 11) is 0. The monoisotopic (exact) mass is 640 g/mol. The molecular weight excluding hydrogens is 604 g/mol. The van der Waals surface area contributed by atoms with Crippen LogP contribution in [0.4, 0.5) is 0 Å². The van der Waals surface area contributed by atoms with Gasteiger partial charge in [-0.15, -0.1) is 0 Å². The van der Waals surface area contributed by atoms with E-state index in [0.717, 1.165) is 36.4 Å². The van der Waals surface area contributed by atoms with Crippen LogP contribution in [0, 0.1) is 29.6 Å². The zero-order chi connectivity index (χ0) is 31.0. The summed E-state index contributed by atoms with van der Waals surface area (Å²) >= 11 is 3.44. The SMILES string of the molecule is CC(=O)OC[C@H]1O[C@@H](OC(=N)C(Cc2ccc(Br)cc2C)C(=N)C(C)C)[C@H](OC(C)=O)[C@@H](OC(C)=O)[C@@H]1OC(C)=O. The van der Waals surface area contributed by atoms with Crippen molar-refractivity contribution in [3.63, 3.8) is 0 Å². The van der Waals surface area contributed by atoms with Crippen molar-refractivity contribution in [2.45, 2.75) is 85.6 Å². The molecule has 226 valence electrons. The fourth-order valence-electron chi connectivity index (χ4n) is 4.35. The molecule has 1 aromatic rings. The van der Waals surface area contributed by atoms with E-state index in [2.05, 4.69) is 15.9 Å². The molecule has 1 unspecified atom stereocenters. The Morgan fingerprint density at radius 2 is 1.44 bits per heavy atom. The first-order chi connectivity index (χ1) is 19.1. The molecule has 0 amide bonds. The van der Waals surface area contributed by atoms with Crippen LogP contribution in [0.25, 0.3) is 0 Å². The van der Waals surface area contributed by atoms with Gasteiger partial charge in [0.2, 0.25) is 12.4 Å². The summed E-state index contributed by atoms with van der Waals surface area (Å²) in [5.74, 6) is -4.37. The number of esters is 4. The molecule has 2 N–H and O–H groups in total. The summed E-state index contributed by atoms with van der Waals surface area (Å²) in [6.45, 7) is 9.67. The average molecular weight is 642 g/mol. The average Bonchev–Trinajstić information content (AvgIpc) is 2.84. The van der Waals surface area contributed by atoms with Crippen molar-refractivity contribution < 1.29 is 47.6 Å². The molecule has 0 aliphatic carbocycles. The van der Waals surface area contributed by atoms with Gasteiger partial charge in [0.05, 0.1) is 5.92 Å². The molecule has 1 heterocycles. The first-order valence-corrected chi connectivity index (χ1v) is 13.8. The van der Waals surface area contributed by atoms with Crippen molar-refractivity contribution in [2.75, 3.05) is 6.61 Å². The Kier molecular flexibility index (Phi) is 12.4. The minimum absolute atomic E-state index is 0.225. The second-order valence-corrected chi connectivity index (χ2v) is 10.9. The zero-order valence-corrected chi connectivity index (χ0v) is 25.7. The molecule has 1 aliphatic rings. The highest BCUT2D eigenvalue weighted by molar-refractivity contribution is 9.10. The molecule has 0 spiro atoms. The molecule has 2 rings (SSSR count). The number of rotatable bonds is 11. The molecule has 1 aliphatic heterocycles. The minimum atomic E-state index is -1.54. The van der Waals surface area contributed by atoms with Crippen LogP contribution in [-0.2, 0) is 54.0 Å². The van der Waals surface area contributed by atoms with Gasteiger partial charge in [0.1, 0.15) is 12.7 Å². The van der Waals surface area contributed by atoms with Crippen molar-refractivity contribution in [3.05, 3.63) is 33.8 Å². The molecule has 0 saturated carbocycles. The highest BCUT2D eigenvalue weighted by Crippen LogP contribution is 2.31. The quantitative estimate of drug-likeness (QED) is 0.157. The van der Waals surface area contributed by atoms with Gasteiger partial charge in [0, 0.05) is 37.9 Å². The number of nitrogens with one attached hydrogen (secondary N) is 2. The molecule has 13 heteroatoms. The number of benzene rings is 1. The van der Waals surface area contributed by atoms with Crippen molar-refractivity contribution in [1.82, 2.24) is 0 Å². The second kappa shape index (κ2) is 15.1. The smallest absolute Gasteiger partial charge is 0.303 e. The van der Waals surface area contributed by atoms with Crippen LogP contribution in [-0.4, -0.2) is 72.8 Å². The van der Waals surface area contributed by atoms with E-state index in [4.69, 9.17) is 39.2 Å². The number of halogens is 1. The van der Waals surface area contributed by atoms with Crippen LogP contribution >= 0.6 is 15.9 Å². The van der Waals surface area contributed by atoms with Crippen LogP contribution in [0.5, 0.6) is 0 Å². The number of aryl methyl sites for hydroxylation is 1. The number of carbonyl (C=O) groups is 4. The predicted octanol–water partition coefficient (Wildman–Crippen LogP) is 3.67. The van der Waals surface area contributed by atoms with E-state index in [0.29, 0.717) is 0 Å². The molecule has 41 heavy (non-hydrogen) atoms. The highest BCUT2D eigenvalue weighted by Gasteiger charge is 2.54. The Labute approximate surface area is 247 Å². The molecule has 1 fully saturated rings. The number of hydrogen-bond donors (Lipinski definition) is 2. The second-order valence-electron chi connectivity index (χ2n) is 9.99. The van der Waals surface area contributed by atoms with E-state index in [1.807, 2.05) is 39.0 Å². The standard InChI is InChI=1S/C28H37BrN2O10/c1-13(2)23(30)21(11-19-8-9-20(29)10-14(19)3)27(31)41-28-26(39-18(7)35)25(38-17(6)34)24(37-16(5)33)22(40-28)12-36-15(4)32/h8-10,13,21-22,24-26,28,30-31H,11-12H2,1-7H3/t21?,22-,24-,25+,26-,28+/m1/s1. The van der Waals surface area contributed by atoms with Gasteiger partial charge in [-0.3, -0.25) is 24.6 Å². The Hall–Kier alpha value is -3.32.